The molecule has 1 aromatic carbocycles. The zero-order valence-corrected chi connectivity index (χ0v) is 14.7. The molecular weight excluding hydrogens is 316 g/mol. The highest BCUT2D eigenvalue weighted by atomic mass is 16.5. The van der Waals surface area contributed by atoms with Crippen LogP contribution in [-0.4, -0.2) is 55.6 Å². The molecule has 0 unspecified atom stereocenters. The zero-order valence-electron chi connectivity index (χ0n) is 14.7. The number of aromatic nitrogens is 1. The van der Waals surface area contributed by atoms with Gasteiger partial charge in [-0.25, -0.2) is 0 Å². The maximum absolute atomic E-state index is 12.5. The van der Waals surface area contributed by atoms with E-state index in [1.54, 1.807) is 6.20 Å². The minimum absolute atomic E-state index is 0.208. The van der Waals surface area contributed by atoms with Gasteiger partial charge in [-0.15, -0.1) is 0 Å². The Hall–Kier alpha value is -2.60. The second-order valence-electron chi connectivity index (χ2n) is 6.10. The van der Waals surface area contributed by atoms with E-state index in [0.717, 1.165) is 43.3 Å². The van der Waals surface area contributed by atoms with Crippen LogP contribution in [0.5, 0.6) is 5.75 Å². The van der Waals surface area contributed by atoms with Gasteiger partial charge >= 0.3 is 0 Å². The summed E-state index contributed by atoms with van der Waals surface area (Å²) in [7, 11) is 2.12. The number of rotatable bonds is 5. The topological polar surface area (TPSA) is 57.7 Å². The van der Waals surface area contributed by atoms with Gasteiger partial charge in [0, 0.05) is 43.8 Å². The SMILES string of the molecule is CCOc1ccc(NC(=O)c2cc(N3CCN(C)CC3)ccn2)cc1. The molecule has 2 heterocycles. The summed E-state index contributed by atoms with van der Waals surface area (Å²) in [6, 6.07) is 11.1. The summed E-state index contributed by atoms with van der Waals surface area (Å²) in [6.45, 7) is 6.52. The van der Waals surface area contributed by atoms with Crippen molar-refractivity contribution in [3.63, 3.8) is 0 Å². The van der Waals surface area contributed by atoms with Crippen LogP contribution in [0, 0.1) is 0 Å². The van der Waals surface area contributed by atoms with Crippen molar-refractivity contribution in [2.24, 2.45) is 0 Å². The lowest BCUT2D eigenvalue weighted by atomic mass is 10.2. The van der Waals surface area contributed by atoms with Crippen molar-refractivity contribution in [3.05, 3.63) is 48.3 Å². The predicted octanol–water partition coefficient (Wildman–Crippen LogP) is 2.48. The number of piperazine rings is 1. The molecule has 0 radical (unpaired) electrons. The molecule has 1 aliphatic rings. The van der Waals surface area contributed by atoms with E-state index < -0.39 is 0 Å². The molecule has 1 aromatic heterocycles. The fourth-order valence-electron chi connectivity index (χ4n) is 2.80. The largest absolute Gasteiger partial charge is 0.494 e. The second-order valence-corrected chi connectivity index (χ2v) is 6.10. The van der Waals surface area contributed by atoms with E-state index in [9.17, 15) is 4.79 Å². The number of carbonyl (C=O) groups is 1. The van der Waals surface area contributed by atoms with Crippen LogP contribution in [0.25, 0.3) is 0 Å². The van der Waals surface area contributed by atoms with Gasteiger partial charge in [0.1, 0.15) is 11.4 Å². The molecule has 1 aliphatic heterocycles. The van der Waals surface area contributed by atoms with E-state index in [0.29, 0.717) is 12.3 Å². The molecule has 1 saturated heterocycles. The number of carbonyl (C=O) groups excluding carboxylic acids is 1. The molecule has 6 nitrogen and oxygen atoms in total. The molecule has 25 heavy (non-hydrogen) atoms. The normalized spacial score (nSPS) is 15.0. The van der Waals surface area contributed by atoms with Gasteiger partial charge in [-0.3, -0.25) is 9.78 Å². The molecule has 1 amide bonds. The van der Waals surface area contributed by atoms with Crippen LogP contribution in [-0.2, 0) is 0 Å². The number of nitrogens with zero attached hydrogens (tertiary/aromatic N) is 3. The van der Waals surface area contributed by atoms with Gasteiger partial charge in [0.05, 0.1) is 6.61 Å². The van der Waals surface area contributed by atoms with Gasteiger partial charge in [-0.1, -0.05) is 0 Å². The smallest absolute Gasteiger partial charge is 0.274 e. The van der Waals surface area contributed by atoms with Crippen LogP contribution in [0.2, 0.25) is 0 Å². The number of benzene rings is 1. The van der Waals surface area contributed by atoms with Crippen LogP contribution in [0.4, 0.5) is 11.4 Å². The van der Waals surface area contributed by atoms with Crippen LogP contribution in [0.15, 0.2) is 42.6 Å². The summed E-state index contributed by atoms with van der Waals surface area (Å²) in [5, 5.41) is 2.88. The van der Waals surface area contributed by atoms with E-state index in [1.165, 1.54) is 0 Å². The summed E-state index contributed by atoms with van der Waals surface area (Å²) >= 11 is 0. The molecule has 0 saturated carbocycles. The number of hydrogen-bond acceptors (Lipinski definition) is 5. The Labute approximate surface area is 148 Å². The molecule has 2 aromatic rings. The van der Waals surface area contributed by atoms with Gasteiger partial charge in [-0.2, -0.15) is 0 Å². The van der Waals surface area contributed by atoms with Crippen molar-refractivity contribution in [3.8, 4) is 5.75 Å². The minimum Gasteiger partial charge on any atom is -0.494 e. The van der Waals surface area contributed by atoms with Gasteiger partial charge in [-0.05, 0) is 50.4 Å². The fraction of sp³-hybridized carbons (Fsp3) is 0.368. The summed E-state index contributed by atoms with van der Waals surface area (Å²) < 4.78 is 5.41. The number of pyridine rings is 1. The highest BCUT2D eigenvalue weighted by molar-refractivity contribution is 6.03. The Morgan fingerprint density at radius 1 is 1.16 bits per heavy atom. The van der Waals surface area contributed by atoms with E-state index in [4.69, 9.17) is 4.74 Å². The lowest BCUT2D eigenvalue weighted by Crippen LogP contribution is -2.44. The maximum atomic E-state index is 12.5. The molecule has 1 N–H and O–H groups in total. The number of nitrogens with one attached hydrogen (secondary N) is 1. The monoisotopic (exact) mass is 340 g/mol. The summed E-state index contributed by atoms with van der Waals surface area (Å²) in [5.41, 5.74) is 2.19. The number of ether oxygens (including phenoxy) is 1. The molecule has 0 bridgehead atoms. The number of likely N-dealkylation sites (N-methyl/N-ethyl adjacent to an activating group) is 1. The molecule has 3 rings (SSSR count). The maximum Gasteiger partial charge on any atom is 0.274 e. The van der Waals surface area contributed by atoms with Gasteiger partial charge in [0.2, 0.25) is 0 Å². The van der Waals surface area contributed by atoms with Crippen LogP contribution in [0.1, 0.15) is 17.4 Å². The first kappa shape index (κ1) is 17.2. The van der Waals surface area contributed by atoms with Crippen LogP contribution in [0.3, 0.4) is 0 Å². The molecule has 6 heteroatoms. The lowest BCUT2D eigenvalue weighted by Gasteiger charge is -2.34. The Bertz CT molecular complexity index is 710. The van der Waals surface area contributed by atoms with E-state index in [1.807, 2.05) is 43.3 Å². The Kier molecular flexibility index (Phi) is 5.50. The minimum atomic E-state index is -0.208. The van der Waals surface area contributed by atoms with Crippen LogP contribution >= 0.6 is 0 Å². The molecule has 1 fully saturated rings. The Morgan fingerprint density at radius 3 is 2.56 bits per heavy atom. The van der Waals surface area contributed by atoms with Crippen molar-refractivity contribution in [2.45, 2.75) is 6.92 Å². The Balaban J connectivity index is 1.66. The van der Waals surface area contributed by atoms with Crippen molar-refractivity contribution in [2.75, 3.05) is 50.1 Å². The van der Waals surface area contributed by atoms with E-state index >= 15 is 0 Å². The second kappa shape index (κ2) is 7.98. The summed E-state index contributed by atoms with van der Waals surface area (Å²) in [4.78, 5) is 21.3. The predicted molar refractivity (Wildman–Crippen MR) is 99.5 cm³/mol. The average Bonchev–Trinajstić information content (AvgIpc) is 2.64. The molecule has 0 aliphatic carbocycles. The quantitative estimate of drug-likeness (QED) is 0.906. The summed E-state index contributed by atoms with van der Waals surface area (Å²) in [5.74, 6) is 0.579. The van der Waals surface area contributed by atoms with Gasteiger partial charge < -0.3 is 19.9 Å². The first-order chi connectivity index (χ1) is 12.2. The highest BCUT2D eigenvalue weighted by Crippen LogP contribution is 2.19. The molecule has 0 atom stereocenters. The van der Waals surface area contributed by atoms with Crippen molar-refractivity contribution < 1.29 is 9.53 Å². The van der Waals surface area contributed by atoms with Crippen LogP contribution < -0.4 is 15.0 Å². The third-order valence-electron chi connectivity index (χ3n) is 4.27. The number of anilines is 2. The van der Waals surface area contributed by atoms with Gasteiger partial charge in [0.25, 0.3) is 5.91 Å². The third kappa shape index (κ3) is 4.48. The third-order valence-corrected chi connectivity index (χ3v) is 4.27. The zero-order chi connectivity index (χ0) is 17.6. The molecular formula is C19H24N4O2. The van der Waals surface area contributed by atoms with Crippen molar-refractivity contribution in [1.29, 1.82) is 0 Å². The molecule has 0 spiro atoms. The lowest BCUT2D eigenvalue weighted by molar-refractivity contribution is 0.102. The standard InChI is InChI=1S/C19H24N4O2/c1-3-25-17-6-4-15(5-7-17)21-19(24)18-14-16(8-9-20-18)23-12-10-22(2)11-13-23/h4-9,14H,3,10-13H2,1-2H3,(H,21,24). The first-order valence-corrected chi connectivity index (χ1v) is 8.59. The number of hydrogen-bond donors (Lipinski definition) is 1. The van der Waals surface area contributed by atoms with E-state index in [-0.39, 0.29) is 5.91 Å². The first-order valence-electron chi connectivity index (χ1n) is 8.59. The van der Waals surface area contributed by atoms with E-state index in [2.05, 4.69) is 27.1 Å². The Morgan fingerprint density at radius 2 is 1.88 bits per heavy atom. The highest BCUT2D eigenvalue weighted by Gasteiger charge is 2.16. The molecule has 132 valence electrons. The number of amides is 1. The van der Waals surface area contributed by atoms with Crippen molar-refractivity contribution >= 4 is 17.3 Å². The fourth-order valence-corrected chi connectivity index (χ4v) is 2.80. The average molecular weight is 340 g/mol. The van der Waals surface area contributed by atoms with Gasteiger partial charge in [0.15, 0.2) is 0 Å². The summed E-state index contributed by atoms with van der Waals surface area (Å²) in [6.07, 6.45) is 1.70. The van der Waals surface area contributed by atoms with Crippen molar-refractivity contribution in [1.82, 2.24) is 9.88 Å².